The van der Waals surface area contributed by atoms with Crippen LogP contribution in [0.4, 0.5) is 10.1 Å². The largest absolute Gasteiger partial charge is 0.325 e. The van der Waals surface area contributed by atoms with Crippen LogP contribution in [-0.4, -0.2) is 26.4 Å². The first kappa shape index (κ1) is 19.1. The first-order valence-electron chi connectivity index (χ1n) is 8.71. The third-order valence-electron chi connectivity index (χ3n) is 4.10. The summed E-state index contributed by atoms with van der Waals surface area (Å²) in [6, 6.07) is 14.7. The van der Waals surface area contributed by atoms with Crippen molar-refractivity contribution < 1.29 is 9.18 Å². The highest BCUT2D eigenvalue weighted by molar-refractivity contribution is 7.99. The van der Waals surface area contributed by atoms with Gasteiger partial charge in [-0.15, -0.1) is 10.2 Å². The number of hydrogen-bond donors (Lipinski definition) is 1. The van der Waals surface area contributed by atoms with E-state index in [-0.39, 0.29) is 17.5 Å². The van der Waals surface area contributed by atoms with Crippen LogP contribution in [0.1, 0.15) is 23.9 Å². The van der Waals surface area contributed by atoms with E-state index in [2.05, 4.69) is 27.6 Å². The molecule has 5 nitrogen and oxygen atoms in total. The number of benzene rings is 2. The lowest BCUT2D eigenvalue weighted by Crippen LogP contribution is -2.15. The molecule has 2 aromatic carbocycles. The number of halogens is 1. The Bertz CT molecular complexity index is 927. The molecule has 1 amide bonds. The molecule has 0 atom stereocenters. The standard InChI is InChI=1S/C20H21FN4OS/c1-3-25-18(11-15-7-5-4-6-8-15)23-24-20(25)27-13-19(26)22-16-10-9-14(2)17(21)12-16/h4-10,12H,3,11,13H2,1-2H3,(H,22,26). The van der Waals surface area contributed by atoms with Crippen LogP contribution in [0.2, 0.25) is 0 Å². The quantitative estimate of drug-likeness (QED) is 0.624. The molecule has 0 aliphatic heterocycles. The Labute approximate surface area is 162 Å². The summed E-state index contributed by atoms with van der Waals surface area (Å²) < 4.78 is 15.6. The monoisotopic (exact) mass is 384 g/mol. The van der Waals surface area contributed by atoms with Gasteiger partial charge in [0, 0.05) is 18.7 Å². The summed E-state index contributed by atoms with van der Waals surface area (Å²) in [5.41, 5.74) is 2.16. The number of nitrogens with one attached hydrogen (secondary N) is 1. The van der Waals surface area contributed by atoms with Crippen molar-refractivity contribution >= 4 is 23.4 Å². The number of amides is 1. The maximum atomic E-state index is 13.6. The molecule has 1 N–H and O–H groups in total. The molecule has 0 bridgehead atoms. The Kier molecular flexibility index (Phi) is 6.24. The first-order valence-corrected chi connectivity index (χ1v) is 9.70. The zero-order valence-electron chi connectivity index (χ0n) is 15.3. The van der Waals surface area contributed by atoms with Gasteiger partial charge in [-0.25, -0.2) is 4.39 Å². The maximum Gasteiger partial charge on any atom is 0.234 e. The number of carbonyl (C=O) groups is 1. The Hall–Kier alpha value is -2.67. The van der Waals surface area contributed by atoms with Crippen LogP contribution in [0.25, 0.3) is 0 Å². The molecule has 3 rings (SSSR count). The van der Waals surface area contributed by atoms with Crippen LogP contribution in [0, 0.1) is 12.7 Å². The van der Waals surface area contributed by atoms with Crippen LogP contribution in [-0.2, 0) is 17.8 Å². The van der Waals surface area contributed by atoms with Crippen molar-refractivity contribution in [2.45, 2.75) is 32.0 Å². The second-order valence-corrected chi connectivity index (χ2v) is 7.05. The Morgan fingerprint density at radius 3 is 2.67 bits per heavy atom. The number of carbonyl (C=O) groups excluding carboxylic acids is 1. The van der Waals surface area contributed by atoms with Crippen molar-refractivity contribution in [2.75, 3.05) is 11.1 Å². The fourth-order valence-electron chi connectivity index (χ4n) is 2.65. The van der Waals surface area contributed by atoms with E-state index in [9.17, 15) is 9.18 Å². The number of aromatic nitrogens is 3. The number of rotatable bonds is 7. The molecule has 0 fully saturated rings. The van der Waals surface area contributed by atoms with Gasteiger partial charge in [-0.2, -0.15) is 0 Å². The highest BCUT2D eigenvalue weighted by atomic mass is 32.2. The molecule has 0 unspecified atom stereocenters. The van der Waals surface area contributed by atoms with Crippen molar-refractivity contribution in [3.63, 3.8) is 0 Å². The summed E-state index contributed by atoms with van der Waals surface area (Å²) in [4.78, 5) is 12.2. The van der Waals surface area contributed by atoms with Gasteiger partial charge in [0.25, 0.3) is 0 Å². The predicted molar refractivity (Wildman–Crippen MR) is 105 cm³/mol. The number of anilines is 1. The Balaban J connectivity index is 1.62. The lowest BCUT2D eigenvalue weighted by molar-refractivity contribution is -0.113. The molecule has 27 heavy (non-hydrogen) atoms. The SMILES string of the molecule is CCn1c(Cc2ccccc2)nnc1SCC(=O)Nc1ccc(C)c(F)c1. The van der Waals surface area contributed by atoms with Crippen molar-refractivity contribution in [3.05, 3.63) is 71.3 Å². The fraction of sp³-hybridized carbons (Fsp3) is 0.250. The second kappa shape index (κ2) is 8.81. The van der Waals surface area contributed by atoms with Gasteiger partial charge in [-0.1, -0.05) is 48.2 Å². The molecule has 0 radical (unpaired) electrons. The van der Waals surface area contributed by atoms with Crippen molar-refractivity contribution in [2.24, 2.45) is 0 Å². The zero-order chi connectivity index (χ0) is 19.2. The molecular formula is C20H21FN4OS. The van der Waals surface area contributed by atoms with E-state index >= 15 is 0 Å². The van der Waals surface area contributed by atoms with Crippen molar-refractivity contribution in [1.29, 1.82) is 0 Å². The number of nitrogens with zero attached hydrogens (tertiary/aromatic N) is 3. The van der Waals surface area contributed by atoms with Crippen LogP contribution in [0.3, 0.4) is 0 Å². The van der Waals surface area contributed by atoms with Gasteiger partial charge < -0.3 is 9.88 Å². The molecule has 140 valence electrons. The molecule has 1 heterocycles. The van der Waals surface area contributed by atoms with E-state index in [0.29, 0.717) is 22.8 Å². The summed E-state index contributed by atoms with van der Waals surface area (Å²) in [6.45, 7) is 4.43. The highest BCUT2D eigenvalue weighted by Crippen LogP contribution is 2.20. The zero-order valence-corrected chi connectivity index (χ0v) is 16.1. The molecule has 0 saturated carbocycles. The summed E-state index contributed by atoms with van der Waals surface area (Å²) in [5, 5.41) is 11.9. The van der Waals surface area contributed by atoms with Crippen molar-refractivity contribution in [1.82, 2.24) is 14.8 Å². The Morgan fingerprint density at radius 1 is 1.19 bits per heavy atom. The van der Waals surface area contributed by atoms with Gasteiger partial charge in [-0.05, 0) is 37.1 Å². The third kappa shape index (κ3) is 4.95. The first-order chi connectivity index (χ1) is 13.1. The summed E-state index contributed by atoms with van der Waals surface area (Å²) in [6.07, 6.45) is 0.692. The minimum Gasteiger partial charge on any atom is -0.325 e. The lowest BCUT2D eigenvalue weighted by Gasteiger charge is -2.08. The van der Waals surface area contributed by atoms with Gasteiger partial charge in [0.05, 0.1) is 5.75 Å². The van der Waals surface area contributed by atoms with Gasteiger partial charge in [0.15, 0.2) is 5.16 Å². The molecule has 0 aliphatic rings. The van der Waals surface area contributed by atoms with Gasteiger partial charge >= 0.3 is 0 Å². The lowest BCUT2D eigenvalue weighted by atomic mass is 10.1. The second-order valence-electron chi connectivity index (χ2n) is 6.11. The number of hydrogen-bond acceptors (Lipinski definition) is 4. The maximum absolute atomic E-state index is 13.6. The average Bonchev–Trinajstić information content (AvgIpc) is 3.05. The highest BCUT2D eigenvalue weighted by Gasteiger charge is 2.14. The third-order valence-corrected chi connectivity index (χ3v) is 5.07. The van der Waals surface area contributed by atoms with E-state index in [1.807, 2.05) is 29.7 Å². The predicted octanol–water partition coefficient (Wildman–Crippen LogP) is 4.07. The molecule has 1 aromatic heterocycles. The molecular weight excluding hydrogens is 363 g/mol. The minimum absolute atomic E-state index is 0.180. The molecule has 3 aromatic rings. The molecule has 0 saturated heterocycles. The smallest absolute Gasteiger partial charge is 0.234 e. The molecule has 7 heteroatoms. The summed E-state index contributed by atoms with van der Waals surface area (Å²) in [7, 11) is 0. The van der Waals surface area contributed by atoms with Crippen LogP contribution in [0.5, 0.6) is 0 Å². The van der Waals surface area contributed by atoms with E-state index < -0.39 is 0 Å². The van der Waals surface area contributed by atoms with Crippen LogP contribution < -0.4 is 5.32 Å². The minimum atomic E-state index is -0.336. The van der Waals surface area contributed by atoms with Crippen LogP contribution >= 0.6 is 11.8 Å². The Morgan fingerprint density at radius 2 is 1.96 bits per heavy atom. The number of thioether (sulfide) groups is 1. The number of aryl methyl sites for hydroxylation is 1. The molecule has 0 aliphatic carbocycles. The average molecular weight is 384 g/mol. The van der Waals surface area contributed by atoms with E-state index in [1.165, 1.54) is 17.8 Å². The topological polar surface area (TPSA) is 59.8 Å². The van der Waals surface area contributed by atoms with E-state index in [4.69, 9.17) is 0 Å². The van der Waals surface area contributed by atoms with Gasteiger partial charge in [0.2, 0.25) is 5.91 Å². The fourth-order valence-corrected chi connectivity index (χ4v) is 3.47. The van der Waals surface area contributed by atoms with Gasteiger partial charge in [-0.3, -0.25) is 4.79 Å². The molecule has 0 spiro atoms. The van der Waals surface area contributed by atoms with Gasteiger partial charge in [0.1, 0.15) is 11.6 Å². The summed E-state index contributed by atoms with van der Waals surface area (Å²) in [5.74, 6) is 0.501. The van der Waals surface area contributed by atoms with E-state index in [1.54, 1.807) is 19.1 Å². The van der Waals surface area contributed by atoms with Crippen LogP contribution in [0.15, 0.2) is 53.7 Å². The summed E-state index contributed by atoms with van der Waals surface area (Å²) >= 11 is 1.32. The normalized spacial score (nSPS) is 10.8. The van der Waals surface area contributed by atoms with E-state index in [0.717, 1.165) is 17.9 Å². The van der Waals surface area contributed by atoms with Crippen molar-refractivity contribution in [3.8, 4) is 0 Å².